The van der Waals surface area contributed by atoms with Gasteiger partial charge in [-0.1, -0.05) is 6.42 Å². The van der Waals surface area contributed by atoms with Gasteiger partial charge in [0.05, 0.1) is 0 Å². The van der Waals surface area contributed by atoms with E-state index in [9.17, 15) is 13.2 Å². The summed E-state index contributed by atoms with van der Waals surface area (Å²) in [6.07, 6.45) is -1.78. The van der Waals surface area contributed by atoms with Gasteiger partial charge in [0.2, 0.25) is 17.8 Å². The Morgan fingerprint density at radius 2 is 1.91 bits per heavy atom. The lowest BCUT2D eigenvalue weighted by Crippen LogP contribution is -2.66. The summed E-state index contributed by atoms with van der Waals surface area (Å²) in [4.78, 5) is 11.2. The Morgan fingerprint density at radius 3 is 2.64 bits per heavy atom. The Labute approximate surface area is 126 Å². The van der Waals surface area contributed by atoms with Crippen molar-refractivity contribution in [3.63, 3.8) is 0 Å². The third-order valence-corrected chi connectivity index (χ3v) is 5.63. The summed E-state index contributed by atoms with van der Waals surface area (Å²) in [6, 6.07) is 0. The van der Waals surface area contributed by atoms with Gasteiger partial charge < -0.3 is 9.47 Å². The molecule has 4 fully saturated rings. The molecular formula is C15H19F3O4. The third-order valence-electron chi connectivity index (χ3n) is 5.63. The molecular weight excluding hydrogens is 301 g/mol. The van der Waals surface area contributed by atoms with E-state index in [4.69, 9.17) is 19.2 Å². The summed E-state index contributed by atoms with van der Waals surface area (Å²) in [5.41, 5.74) is -0.751. The van der Waals surface area contributed by atoms with Crippen LogP contribution in [0.5, 0.6) is 0 Å². The molecule has 5 rings (SSSR count). The molecule has 4 nitrogen and oxygen atoms in total. The highest BCUT2D eigenvalue weighted by Crippen LogP contribution is 2.59. The lowest BCUT2D eigenvalue weighted by Gasteiger charge is -2.55. The molecule has 5 atom stereocenters. The van der Waals surface area contributed by atoms with Gasteiger partial charge in [-0.2, -0.15) is 13.2 Å². The van der Waals surface area contributed by atoms with E-state index in [0.717, 1.165) is 19.3 Å². The largest absolute Gasteiger partial charge is 0.456 e. The summed E-state index contributed by atoms with van der Waals surface area (Å²) < 4.78 is 51.0. The average molecular weight is 320 g/mol. The molecule has 3 saturated heterocycles. The van der Waals surface area contributed by atoms with Crippen molar-refractivity contribution in [2.24, 2.45) is 11.8 Å². The van der Waals surface area contributed by atoms with Gasteiger partial charge in [-0.15, -0.1) is 0 Å². The number of rotatable bonds is 0. The van der Waals surface area contributed by atoms with Gasteiger partial charge in [0.1, 0.15) is 0 Å². The highest BCUT2D eigenvalue weighted by Gasteiger charge is 2.68. The molecule has 0 aromatic carbocycles. The highest BCUT2D eigenvalue weighted by atomic mass is 19.4. The lowest BCUT2D eigenvalue weighted by molar-refractivity contribution is -0.556. The maximum Gasteiger partial charge on any atom is 0.448 e. The standard InChI is InChI=1S/C15H19F3O4/c1-8-10-5-3-4-9-6-7-13(2)20-12(14(9,10)22-21-13)19-11(8)15(16,17)18/h9-10,12H,3-7H2,1-2H3/t9?,10-,12+,13-,14+/m0/s1. The molecule has 0 aromatic rings. The van der Waals surface area contributed by atoms with Crippen LogP contribution in [-0.2, 0) is 19.2 Å². The van der Waals surface area contributed by atoms with Crippen LogP contribution >= 0.6 is 0 Å². The molecule has 0 aromatic heterocycles. The van der Waals surface area contributed by atoms with E-state index in [1.807, 2.05) is 0 Å². The zero-order valence-corrected chi connectivity index (χ0v) is 12.5. The van der Waals surface area contributed by atoms with E-state index in [0.29, 0.717) is 12.8 Å². The smallest absolute Gasteiger partial charge is 0.448 e. The Balaban J connectivity index is 1.85. The maximum absolute atomic E-state index is 13.3. The second-order valence-electron chi connectivity index (χ2n) is 6.95. The third kappa shape index (κ3) is 1.82. The van der Waals surface area contributed by atoms with Crippen molar-refractivity contribution in [1.82, 2.24) is 0 Å². The van der Waals surface area contributed by atoms with Gasteiger partial charge in [0.25, 0.3) is 0 Å². The van der Waals surface area contributed by atoms with Crippen molar-refractivity contribution in [3.05, 3.63) is 11.3 Å². The first-order valence-corrected chi connectivity index (χ1v) is 7.75. The van der Waals surface area contributed by atoms with Crippen LogP contribution in [0, 0.1) is 11.8 Å². The number of hydrogen-bond donors (Lipinski definition) is 0. The molecule has 1 unspecified atom stereocenters. The molecule has 1 aliphatic carbocycles. The van der Waals surface area contributed by atoms with Crippen LogP contribution in [0.2, 0.25) is 0 Å². The van der Waals surface area contributed by atoms with Crippen LogP contribution in [-0.4, -0.2) is 23.9 Å². The van der Waals surface area contributed by atoms with Crippen molar-refractivity contribution >= 4 is 0 Å². The molecule has 1 saturated carbocycles. The van der Waals surface area contributed by atoms with Gasteiger partial charge in [0, 0.05) is 12.3 Å². The molecule has 4 aliphatic heterocycles. The van der Waals surface area contributed by atoms with Crippen molar-refractivity contribution in [2.75, 3.05) is 0 Å². The summed E-state index contributed by atoms with van der Waals surface area (Å²) in [6.45, 7) is 3.18. The first kappa shape index (κ1) is 14.8. The quantitative estimate of drug-likeness (QED) is 0.636. The van der Waals surface area contributed by atoms with E-state index >= 15 is 0 Å². The average Bonchev–Trinajstić information content (AvgIpc) is 2.66. The van der Waals surface area contributed by atoms with E-state index < -0.39 is 29.6 Å². The summed E-state index contributed by atoms with van der Waals surface area (Å²) in [7, 11) is 0. The highest BCUT2D eigenvalue weighted by molar-refractivity contribution is 5.25. The Kier molecular flexibility index (Phi) is 2.95. The summed E-state index contributed by atoms with van der Waals surface area (Å²) >= 11 is 0. The molecule has 4 heterocycles. The number of allylic oxidation sites excluding steroid dienone is 1. The zero-order valence-electron chi connectivity index (χ0n) is 12.5. The molecule has 124 valence electrons. The molecule has 5 aliphatic rings. The number of ether oxygens (including phenoxy) is 2. The number of hydrogen-bond acceptors (Lipinski definition) is 4. The van der Waals surface area contributed by atoms with Gasteiger partial charge in [-0.05, 0) is 44.6 Å². The molecule has 0 radical (unpaired) electrons. The minimum atomic E-state index is -4.52. The Hall–Kier alpha value is -0.790. The fraction of sp³-hybridized carbons (Fsp3) is 0.867. The number of halogens is 3. The fourth-order valence-electron chi connectivity index (χ4n) is 4.55. The Bertz CT molecular complexity index is 531. The second-order valence-corrected chi connectivity index (χ2v) is 6.95. The molecule has 1 spiro atoms. The first-order valence-electron chi connectivity index (χ1n) is 7.75. The normalized spacial score (nSPS) is 47.8. The predicted octanol–water partition coefficient (Wildman–Crippen LogP) is 3.82. The van der Waals surface area contributed by atoms with E-state index in [-0.39, 0.29) is 17.4 Å². The van der Waals surface area contributed by atoms with Gasteiger partial charge in [-0.3, -0.25) is 0 Å². The lowest BCUT2D eigenvalue weighted by atomic mass is 9.63. The van der Waals surface area contributed by atoms with Crippen LogP contribution in [0.15, 0.2) is 11.3 Å². The molecule has 0 amide bonds. The molecule has 7 heteroatoms. The predicted molar refractivity (Wildman–Crippen MR) is 68.1 cm³/mol. The second kappa shape index (κ2) is 4.39. The molecule has 22 heavy (non-hydrogen) atoms. The van der Waals surface area contributed by atoms with Crippen molar-refractivity contribution in [3.8, 4) is 0 Å². The van der Waals surface area contributed by atoms with E-state index in [1.54, 1.807) is 6.92 Å². The monoisotopic (exact) mass is 320 g/mol. The van der Waals surface area contributed by atoms with Gasteiger partial charge in [-0.25, -0.2) is 9.78 Å². The van der Waals surface area contributed by atoms with Crippen LogP contribution in [0.3, 0.4) is 0 Å². The van der Waals surface area contributed by atoms with Crippen LogP contribution in [0.1, 0.15) is 46.0 Å². The van der Waals surface area contributed by atoms with Gasteiger partial charge in [0.15, 0.2) is 5.60 Å². The van der Waals surface area contributed by atoms with Crippen molar-refractivity contribution in [2.45, 2.75) is 69.8 Å². The van der Waals surface area contributed by atoms with Crippen LogP contribution in [0.25, 0.3) is 0 Å². The van der Waals surface area contributed by atoms with Gasteiger partial charge >= 0.3 is 6.18 Å². The molecule has 0 N–H and O–H groups in total. The van der Waals surface area contributed by atoms with E-state index in [2.05, 4.69) is 0 Å². The van der Waals surface area contributed by atoms with E-state index in [1.165, 1.54) is 6.92 Å². The fourth-order valence-corrected chi connectivity index (χ4v) is 4.55. The summed E-state index contributed by atoms with van der Waals surface area (Å²) in [5, 5.41) is 0. The van der Waals surface area contributed by atoms with Crippen molar-refractivity contribution < 1.29 is 32.4 Å². The number of fused-ring (bicyclic) bond motifs is 2. The minimum Gasteiger partial charge on any atom is -0.456 e. The van der Waals surface area contributed by atoms with Crippen LogP contribution in [0.4, 0.5) is 13.2 Å². The topological polar surface area (TPSA) is 36.9 Å². The summed E-state index contributed by atoms with van der Waals surface area (Å²) in [5.74, 6) is -2.26. The minimum absolute atomic E-state index is 0.0882. The zero-order chi connectivity index (χ0) is 15.8. The molecule has 2 bridgehead atoms. The van der Waals surface area contributed by atoms with Crippen molar-refractivity contribution in [1.29, 1.82) is 0 Å². The SMILES string of the molecule is CC1=C(C(F)(F)F)O[C@@H]2O[C@]3(C)CCC4CCC[C@@H]1[C@]42OO3. The number of alkyl halides is 3. The van der Waals surface area contributed by atoms with Crippen LogP contribution < -0.4 is 0 Å². The Morgan fingerprint density at radius 1 is 1.14 bits per heavy atom. The first-order chi connectivity index (χ1) is 10.3. The maximum atomic E-state index is 13.3.